The van der Waals surface area contributed by atoms with Gasteiger partial charge >= 0.3 is 5.97 Å². The fraction of sp³-hybridized carbons (Fsp3) is 0.222. The normalized spacial score (nSPS) is 17.9. The Kier molecular flexibility index (Phi) is 1.66. The number of nitrogens with two attached hydrogens (primary N) is 1. The second kappa shape index (κ2) is 2.92. The topological polar surface area (TPSA) is 121 Å². The summed E-state index contributed by atoms with van der Waals surface area (Å²) >= 11 is 0. The van der Waals surface area contributed by atoms with Crippen LogP contribution in [0.25, 0.3) is 11.4 Å². The maximum atomic E-state index is 11.0. The summed E-state index contributed by atoms with van der Waals surface area (Å²) in [6, 6.07) is -0.368. The van der Waals surface area contributed by atoms with E-state index in [2.05, 4.69) is 20.2 Å². The molecule has 2 aromatic rings. The number of hydrogen-bond donors (Lipinski definition) is 4. The summed E-state index contributed by atoms with van der Waals surface area (Å²) in [5.74, 6) is -1.05. The van der Waals surface area contributed by atoms with Crippen molar-refractivity contribution in [3.8, 4) is 11.4 Å². The van der Waals surface area contributed by atoms with Crippen LogP contribution in [0.3, 0.4) is 0 Å². The van der Waals surface area contributed by atoms with Crippen LogP contribution in [-0.2, 0) is 6.42 Å². The number of H-pyrrole nitrogens is 2. The smallest absolute Gasteiger partial charge is 0.354 e. The van der Waals surface area contributed by atoms with Crippen molar-refractivity contribution in [2.24, 2.45) is 5.73 Å². The lowest BCUT2D eigenvalue weighted by atomic mass is 9.92. The zero-order valence-corrected chi connectivity index (χ0v) is 8.19. The Hall–Kier alpha value is -2.15. The number of carboxylic acid groups (broad SMARTS) is 1. The number of imidazole rings is 1. The molecule has 0 spiro atoms. The molecule has 0 fully saturated rings. The van der Waals surface area contributed by atoms with Crippen LogP contribution >= 0.6 is 0 Å². The highest BCUT2D eigenvalue weighted by molar-refractivity contribution is 5.90. The van der Waals surface area contributed by atoms with Crippen molar-refractivity contribution in [1.29, 1.82) is 0 Å². The largest absolute Gasteiger partial charge is 0.477 e. The lowest BCUT2D eigenvalue weighted by Gasteiger charge is -2.17. The van der Waals surface area contributed by atoms with Crippen LogP contribution in [0.4, 0.5) is 0 Å². The number of aromatic amines is 2. The van der Waals surface area contributed by atoms with Gasteiger partial charge in [-0.1, -0.05) is 0 Å². The molecule has 16 heavy (non-hydrogen) atoms. The van der Waals surface area contributed by atoms with Crippen molar-refractivity contribution >= 4 is 5.97 Å². The molecule has 0 aromatic carbocycles. The van der Waals surface area contributed by atoms with Gasteiger partial charge in [-0.2, -0.15) is 5.10 Å². The molecule has 2 aromatic heterocycles. The number of carboxylic acids is 1. The van der Waals surface area contributed by atoms with E-state index in [9.17, 15) is 4.79 Å². The molecule has 1 aliphatic rings. The summed E-state index contributed by atoms with van der Waals surface area (Å²) in [6.45, 7) is 0. The highest BCUT2D eigenvalue weighted by Gasteiger charge is 2.31. The van der Waals surface area contributed by atoms with Gasteiger partial charge in [0.2, 0.25) is 0 Å². The Labute approximate surface area is 89.7 Å². The maximum absolute atomic E-state index is 11.0. The summed E-state index contributed by atoms with van der Waals surface area (Å²) in [4.78, 5) is 18.1. The number of rotatable bonds is 1. The average molecular weight is 219 g/mol. The lowest BCUT2D eigenvalue weighted by Crippen LogP contribution is -2.20. The quantitative estimate of drug-likeness (QED) is 0.540. The highest BCUT2D eigenvalue weighted by Crippen LogP contribution is 2.35. The van der Waals surface area contributed by atoms with Crippen molar-refractivity contribution in [3.05, 3.63) is 23.3 Å². The minimum absolute atomic E-state index is 0.0520. The first kappa shape index (κ1) is 9.10. The first-order valence-electron chi connectivity index (χ1n) is 4.78. The molecule has 1 atom stereocenters. The molecule has 82 valence electrons. The van der Waals surface area contributed by atoms with E-state index in [0.717, 1.165) is 5.69 Å². The van der Waals surface area contributed by atoms with Gasteiger partial charge in [0.1, 0.15) is 17.1 Å². The number of fused-ring (bicyclic) bond motifs is 3. The summed E-state index contributed by atoms with van der Waals surface area (Å²) < 4.78 is 0. The van der Waals surface area contributed by atoms with E-state index in [-0.39, 0.29) is 11.7 Å². The molecular weight excluding hydrogens is 210 g/mol. The van der Waals surface area contributed by atoms with Crippen molar-refractivity contribution in [2.75, 3.05) is 0 Å². The van der Waals surface area contributed by atoms with Crippen LogP contribution in [0.1, 0.15) is 27.8 Å². The average Bonchev–Trinajstić information content (AvgIpc) is 2.80. The van der Waals surface area contributed by atoms with Gasteiger partial charge in [-0.15, -0.1) is 0 Å². The molecule has 0 saturated carbocycles. The van der Waals surface area contributed by atoms with Crippen LogP contribution in [0.15, 0.2) is 6.33 Å². The SMILES string of the molecule is NC1Cc2[nH]cnc2-c2n[nH]c(C(=O)O)c21. The van der Waals surface area contributed by atoms with Gasteiger partial charge in [-0.25, -0.2) is 9.78 Å². The van der Waals surface area contributed by atoms with E-state index in [1.54, 1.807) is 6.33 Å². The third kappa shape index (κ3) is 1.03. The Morgan fingerprint density at radius 2 is 2.38 bits per heavy atom. The van der Waals surface area contributed by atoms with E-state index < -0.39 is 5.97 Å². The van der Waals surface area contributed by atoms with Gasteiger partial charge in [0.25, 0.3) is 0 Å². The Morgan fingerprint density at radius 3 is 3.12 bits per heavy atom. The number of hydrogen-bond acceptors (Lipinski definition) is 4. The van der Waals surface area contributed by atoms with E-state index >= 15 is 0 Å². The lowest BCUT2D eigenvalue weighted by molar-refractivity contribution is 0.0688. The van der Waals surface area contributed by atoms with Crippen LogP contribution in [0.5, 0.6) is 0 Å². The van der Waals surface area contributed by atoms with Crippen LogP contribution in [-0.4, -0.2) is 31.2 Å². The first-order valence-corrected chi connectivity index (χ1v) is 4.78. The highest BCUT2D eigenvalue weighted by atomic mass is 16.4. The summed E-state index contributed by atoms with van der Waals surface area (Å²) in [7, 11) is 0. The Morgan fingerprint density at radius 1 is 1.56 bits per heavy atom. The number of aromatic nitrogens is 4. The summed E-state index contributed by atoms with van der Waals surface area (Å²) in [5, 5.41) is 15.5. The molecule has 7 nitrogen and oxygen atoms in total. The van der Waals surface area contributed by atoms with Gasteiger partial charge < -0.3 is 15.8 Å². The molecule has 1 unspecified atom stereocenters. The van der Waals surface area contributed by atoms with Gasteiger partial charge in [-0.05, 0) is 0 Å². The Bertz CT molecular complexity index is 570. The monoisotopic (exact) mass is 219 g/mol. The number of carbonyl (C=O) groups is 1. The van der Waals surface area contributed by atoms with E-state index in [4.69, 9.17) is 10.8 Å². The molecule has 7 heteroatoms. The molecule has 0 bridgehead atoms. The standard InChI is InChI=1S/C9H9N5O2/c10-3-1-4-6(12-2-11-4)7-5(3)8(9(15)16)14-13-7/h2-3H,1,10H2,(H,11,12)(H,13,14)(H,15,16). The van der Waals surface area contributed by atoms with E-state index in [1.165, 1.54) is 0 Å². The van der Waals surface area contributed by atoms with Crippen molar-refractivity contribution < 1.29 is 9.90 Å². The molecular formula is C9H9N5O2. The molecule has 5 N–H and O–H groups in total. The van der Waals surface area contributed by atoms with Gasteiger partial charge in [0.15, 0.2) is 0 Å². The second-order valence-corrected chi connectivity index (χ2v) is 3.71. The van der Waals surface area contributed by atoms with Crippen molar-refractivity contribution in [3.63, 3.8) is 0 Å². The van der Waals surface area contributed by atoms with Crippen LogP contribution < -0.4 is 5.73 Å². The van der Waals surface area contributed by atoms with E-state index in [1.807, 2.05) is 0 Å². The first-order chi connectivity index (χ1) is 7.68. The fourth-order valence-electron chi connectivity index (χ4n) is 2.06. The summed E-state index contributed by atoms with van der Waals surface area (Å²) in [6.07, 6.45) is 2.10. The number of nitrogens with zero attached hydrogens (tertiary/aromatic N) is 2. The zero-order valence-electron chi connectivity index (χ0n) is 8.19. The zero-order chi connectivity index (χ0) is 11.3. The second-order valence-electron chi connectivity index (χ2n) is 3.71. The minimum Gasteiger partial charge on any atom is -0.477 e. The molecule has 0 saturated heterocycles. The van der Waals surface area contributed by atoms with E-state index in [0.29, 0.717) is 23.4 Å². The van der Waals surface area contributed by atoms with Crippen LogP contribution in [0, 0.1) is 0 Å². The third-order valence-electron chi connectivity index (χ3n) is 2.76. The maximum Gasteiger partial charge on any atom is 0.354 e. The Balaban J connectivity index is 2.27. The van der Waals surface area contributed by atoms with Crippen molar-refractivity contribution in [2.45, 2.75) is 12.5 Å². The van der Waals surface area contributed by atoms with Gasteiger partial charge in [0, 0.05) is 23.7 Å². The fourth-order valence-corrected chi connectivity index (χ4v) is 2.06. The molecule has 3 rings (SSSR count). The van der Waals surface area contributed by atoms with Gasteiger partial charge in [0.05, 0.1) is 6.33 Å². The van der Waals surface area contributed by atoms with Crippen molar-refractivity contribution in [1.82, 2.24) is 20.2 Å². The molecule has 0 radical (unpaired) electrons. The predicted molar refractivity (Wildman–Crippen MR) is 53.8 cm³/mol. The predicted octanol–water partition coefficient (Wildman–Crippen LogP) is 0.0539. The third-order valence-corrected chi connectivity index (χ3v) is 2.76. The molecule has 1 aliphatic carbocycles. The molecule has 0 aliphatic heterocycles. The summed E-state index contributed by atoms with van der Waals surface area (Å²) in [5.41, 5.74) is 8.63. The molecule has 2 heterocycles. The molecule has 0 amide bonds. The minimum atomic E-state index is -1.05. The number of aromatic carboxylic acids is 1. The number of nitrogens with one attached hydrogen (secondary N) is 2. The van der Waals surface area contributed by atoms with Crippen LogP contribution in [0.2, 0.25) is 0 Å². The van der Waals surface area contributed by atoms with Gasteiger partial charge in [-0.3, -0.25) is 5.10 Å².